The van der Waals surface area contributed by atoms with Gasteiger partial charge in [0.25, 0.3) is 5.91 Å². The average Bonchev–Trinajstić information content (AvgIpc) is 2.40. The lowest BCUT2D eigenvalue weighted by atomic mass is 9.75. The SMILES string of the molecule is Cc1cccc(C(=O)N2CCC(C(C)(C)C)CC2)c1O. The topological polar surface area (TPSA) is 40.5 Å². The lowest BCUT2D eigenvalue weighted by molar-refractivity contribution is 0.0606. The first-order chi connectivity index (χ1) is 9.30. The number of aryl methyl sites for hydroxylation is 1. The maximum atomic E-state index is 12.5. The average molecular weight is 275 g/mol. The second-order valence-electron chi connectivity index (χ2n) is 6.90. The van der Waals surface area contributed by atoms with Gasteiger partial charge in [0, 0.05) is 13.1 Å². The van der Waals surface area contributed by atoms with Crippen molar-refractivity contribution in [2.75, 3.05) is 13.1 Å². The molecule has 20 heavy (non-hydrogen) atoms. The Bertz CT molecular complexity index is 494. The number of amides is 1. The number of likely N-dealkylation sites (tertiary alicyclic amines) is 1. The number of carbonyl (C=O) groups excluding carboxylic acids is 1. The molecule has 0 saturated carbocycles. The van der Waals surface area contributed by atoms with E-state index in [4.69, 9.17) is 0 Å². The van der Waals surface area contributed by atoms with Gasteiger partial charge < -0.3 is 10.0 Å². The molecule has 0 aliphatic carbocycles. The Labute approximate surface area is 121 Å². The van der Waals surface area contributed by atoms with Crippen molar-refractivity contribution in [3.63, 3.8) is 0 Å². The molecule has 0 aromatic heterocycles. The summed E-state index contributed by atoms with van der Waals surface area (Å²) >= 11 is 0. The monoisotopic (exact) mass is 275 g/mol. The van der Waals surface area contributed by atoms with Crippen molar-refractivity contribution in [1.29, 1.82) is 0 Å². The third-order valence-electron chi connectivity index (χ3n) is 4.48. The van der Waals surface area contributed by atoms with E-state index < -0.39 is 0 Å². The molecule has 1 fully saturated rings. The van der Waals surface area contributed by atoms with Crippen LogP contribution in [0.5, 0.6) is 5.75 Å². The van der Waals surface area contributed by atoms with Crippen molar-refractivity contribution < 1.29 is 9.90 Å². The third-order valence-corrected chi connectivity index (χ3v) is 4.48. The van der Waals surface area contributed by atoms with E-state index in [9.17, 15) is 9.90 Å². The summed E-state index contributed by atoms with van der Waals surface area (Å²) < 4.78 is 0. The number of nitrogens with zero attached hydrogens (tertiary/aromatic N) is 1. The van der Waals surface area contributed by atoms with Crippen molar-refractivity contribution in [2.45, 2.75) is 40.5 Å². The molecule has 110 valence electrons. The van der Waals surface area contributed by atoms with Gasteiger partial charge >= 0.3 is 0 Å². The van der Waals surface area contributed by atoms with E-state index in [-0.39, 0.29) is 11.7 Å². The molecule has 1 aromatic carbocycles. The predicted molar refractivity (Wildman–Crippen MR) is 80.9 cm³/mol. The Morgan fingerprint density at radius 1 is 1.25 bits per heavy atom. The van der Waals surface area contributed by atoms with Gasteiger partial charge in [0.15, 0.2) is 0 Å². The summed E-state index contributed by atoms with van der Waals surface area (Å²) in [4.78, 5) is 14.4. The van der Waals surface area contributed by atoms with Gasteiger partial charge in [-0.3, -0.25) is 4.79 Å². The normalized spacial score (nSPS) is 17.3. The highest BCUT2D eigenvalue weighted by atomic mass is 16.3. The summed E-state index contributed by atoms with van der Waals surface area (Å²) in [6.07, 6.45) is 2.09. The maximum absolute atomic E-state index is 12.5. The minimum Gasteiger partial charge on any atom is -0.507 e. The molecule has 2 rings (SSSR count). The molecule has 3 nitrogen and oxygen atoms in total. The molecule has 1 amide bonds. The molecule has 0 radical (unpaired) electrons. The number of benzene rings is 1. The Hall–Kier alpha value is -1.51. The summed E-state index contributed by atoms with van der Waals surface area (Å²) in [5.41, 5.74) is 1.49. The minimum absolute atomic E-state index is 0.0430. The summed E-state index contributed by atoms with van der Waals surface area (Å²) in [5.74, 6) is 0.742. The predicted octanol–water partition coefficient (Wildman–Crippen LogP) is 3.60. The highest BCUT2D eigenvalue weighted by molar-refractivity contribution is 5.97. The molecule has 1 heterocycles. The van der Waals surface area contributed by atoms with E-state index in [1.54, 1.807) is 6.07 Å². The van der Waals surface area contributed by atoms with Crippen LogP contribution in [0.15, 0.2) is 18.2 Å². The van der Waals surface area contributed by atoms with Gasteiger partial charge in [0.05, 0.1) is 5.56 Å². The summed E-state index contributed by atoms with van der Waals surface area (Å²) in [7, 11) is 0. The third kappa shape index (κ3) is 2.97. The smallest absolute Gasteiger partial charge is 0.257 e. The number of rotatable bonds is 1. The summed E-state index contributed by atoms with van der Waals surface area (Å²) in [6.45, 7) is 10.2. The number of hydrogen-bond donors (Lipinski definition) is 1. The Kier molecular flexibility index (Phi) is 4.07. The van der Waals surface area contributed by atoms with Crippen LogP contribution < -0.4 is 0 Å². The minimum atomic E-state index is -0.0430. The van der Waals surface area contributed by atoms with Crippen LogP contribution in [0.3, 0.4) is 0 Å². The first-order valence-corrected chi connectivity index (χ1v) is 7.38. The zero-order valence-electron chi connectivity index (χ0n) is 12.9. The van der Waals surface area contributed by atoms with Gasteiger partial charge in [-0.1, -0.05) is 32.9 Å². The first-order valence-electron chi connectivity index (χ1n) is 7.38. The van der Waals surface area contributed by atoms with Crippen LogP contribution in [0.25, 0.3) is 0 Å². The molecular weight excluding hydrogens is 250 g/mol. The zero-order valence-corrected chi connectivity index (χ0v) is 12.9. The fourth-order valence-electron chi connectivity index (χ4n) is 2.95. The number of phenolic OH excluding ortho intramolecular Hbond substituents is 1. The van der Waals surface area contributed by atoms with Crippen molar-refractivity contribution in [2.24, 2.45) is 11.3 Å². The van der Waals surface area contributed by atoms with Crippen molar-refractivity contribution >= 4 is 5.91 Å². The van der Waals surface area contributed by atoms with E-state index in [2.05, 4.69) is 20.8 Å². The van der Waals surface area contributed by atoms with Crippen LogP contribution in [-0.2, 0) is 0 Å². The highest BCUT2D eigenvalue weighted by Gasteiger charge is 2.31. The Balaban J connectivity index is 2.07. The van der Waals surface area contributed by atoms with E-state index in [1.165, 1.54) is 0 Å². The van der Waals surface area contributed by atoms with Crippen molar-refractivity contribution in [3.8, 4) is 5.75 Å². The molecule has 1 aliphatic rings. The largest absolute Gasteiger partial charge is 0.507 e. The van der Waals surface area contributed by atoms with Crippen LogP contribution in [0.1, 0.15) is 49.5 Å². The van der Waals surface area contributed by atoms with Crippen molar-refractivity contribution in [3.05, 3.63) is 29.3 Å². The second-order valence-corrected chi connectivity index (χ2v) is 6.90. The fourth-order valence-corrected chi connectivity index (χ4v) is 2.95. The Morgan fingerprint density at radius 3 is 2.40 bits per heavy atom. The van der Waals surface area contributed by atoms with Crippen LogP contribution in [-0.4, -0.2) is 29.0 Å². The lowest BCUT2D eigenvalue weighted by Crippen LogP contribution is -2.41. The van der Waals surface area contributed by atoms with Gasteiger partial charge in [0.1, 0.15) is 5.75 Å². The van der Waals surface area contributed by atoms with Crippen LogP contribution in [0.2, 0.25) is 0 Å². The fraction of sp³-hybridized carbons (Fsp3) is 0.588. The highest BCUT2D eigenvalue weighted by Crippen LogP contribution is 2.35. The first kappa shape index (κ1) is 14.9. The van der Waals surface area contributed by atoms with Crippen LogP contribution >= 0.6 is 0 Å². The number of aromatic hydroxyl groups is 1. The molecule has 0 bridgehead atoms. The molecule has 1 aromatic rings. The van der Waals surface area contributed by atoms with E-state index in [1.807, 2.05) is 24.0 Å². The number of phenols is 1. The molecule has 1 aliphatic heterocycles. The van der Waals surface area contributed by atoms with E-state index in [0.29, 0.717) is 16.9 Å². The molecule has 3 heteroatoms. The van der Waals surface area contributed by atoms with Gasteiger partial charge in [-0.2, -0.15) is 0 Å². The van der Waals surface area contributed by atoms with Crippen LogP contribution in [0, 0.1) is 18.3 Å². The van der Waals surface area contributed by atoms with E-state index >= 15 is 0 Å². The molecule has 0 spiro atoms. The van der Waals surface area contributed by atoms with Gasteiger partial charge in [-0.15, -0.1) is 0 Å². The second kappa shape index (κ2) is 5.47. The van der Waals surface area contributed by atoms with Crippen LogP contribution in [0.4, 0.5) is 0 Å². The zero-order chi connectivity index (χ0) is 14.9. The Morgan fingerprint density at radius 2 is 1.85 bits per heavy atom. The molecule has 1 saturated heterocycles. The quantitative estimate of drug-likeness (QED) is 0.850. The lowest BCUT2D eigenvalue weighted by Gasteiger charge is -2.38. The molecular formula is C17H25NO2. The molecule has 1 N–H and O–H groups in total. The van der Waals surface area contributed by atoms with Gasteiger partial charge in [-0.25, -0.2) is 0 Å². The number of hydrogen-bond acceptors (Lipinski definition) is 2. The summed E-state index contributed by atoms with van der Waals surface area (Å²) in [6, 6.07) is 5.35. The number of piperidine rings is 1. The van der Waals surface area contributed by atoms with Crippen molar-refractivity contribution in [1.82, 2.24) is 4.90 Å². The summed E-state index contributed by atoms with van der Waals surface area (Å²) in [5, 5.41) is 10.0. The van der Waals surface area contributed by atoms with E-state index in [0.717, 1.165) is 31.5 Å². The molecule has 0 atom stereocenters. The molecule has 0 unspecified atom stereocenters. The van der Waals surface area contributed by atoms with Gasteiger partial charge in [-0.05, 0) is 42.7 Å². The van der Waals surface area contributed by atoms with Gasteiger partial charge in [0.2, 0.25) is 0 Å². The maximum Gasteiger partial charge on any atom is 0.257 e. The number of carbonyl (C=O) groups is 1. The number of para-hydroxylation sites is 1. The standard InChI is InChI=1S/C17H25NO2/c1-12-6-5-7-14(15(12)19)16(20)18-10-8-13(9-11-18)17(2,3)4/h5-7,13,19H,8-11H2,1-4H3.